The van der Waals surface area contributed by atoms with Gasteiger partial charge in [-0.05, 0) is 11.6 Å². The molecular formula is C14H15N3O4. The number of carbonyl (C=O) groups excluding carboxylic acids is 3. The highest BCUT2D eigenvalue weighted by Crippen LogP contribution is 2.27. The molecule has 1 saturated heterocycles. The largest absolute Gasteiger partial charge is 0.488 e. The van der Waals surface area contributed by atoms with Crippen LogP contribution in [0, 0.1) is 0 Å². The molecule has 3 N–H and O–H groups in total. The molecular weight excluding hydrogens is 274 g/mol. The van der Waals surface area contributed by atoms with Crippen LogP contribution in [0.4, 0.5) is 4.79 Å². The minimum atomic E-state index is -0.792. The molecule has 7 heteroatoms. The second-order valence-electron chi connectivity index (χ2n) is 5.08. The SMILES string of the molecule is O=C(C[C@H]1NC(=O)NC1=O)NC[C@H]1Cc2ccccc2O1. The van der Waals surface area contributed by atoms with Gasteiger partial charge in [-0.1, -0.05) is 18.2 Å². The van der Waals surface area contributed by atoms with E-state index >= 15 is 0 Å². The number of amides is 4. The zero-order valence-corrected chi connectivity index (χ0v) is 11.2. The van der Waals surface area contributed by atoms with E-state index in [9.17, 15) is 14.4 Å². The van der Waals surface area contributed by atoms with Gasteiger partial charge >= 0.3 is 6.03 Å². The Morgan fingerprint density at radius 1 is 1.33 bits per heavy atom. The summed E-state index contributed by atoms with van der Waals surface area (Å²) in [7, 11) is 0. The lowest BCUT2D eigenvalue weighted by Crippen LogP contribution is -2.39. The first-order valence-corrected chi connectivity index (χ1v) is 6.74. The minimum Gasteiger partial charge on any atom is -0.488 e. The third-order valence-corrected chi connectivity index (χ3v) is 3.49. The molecule has 0 bridgehead atoms. The van der Waals surface area contributed by atoms with Gasteiger partial charge in [-0.2, -0.15) is 0 Å². The standard InChI is InChI=1S/C14H15N3O4/c18-12(6-10-13(19)17-14(20)16-10)15-7-9-5-8-3-1-2-4-11(8)21-9/h1-4,9-10H,5-7H2,(H,15,18)(H2,16,17,19,20)/t9-,10-/m1/s1. The molecule has 1 fully saturated rings. The molecule has 110 valence electrons. The second kappa shape index (κ2) is 5.43. The molecule has 2 aliphatic rings. The summed E-state index contributed by atoms with van der Waals surface area (Å²) in [4.78, 5) is 34.1. The van der Waals surface area contributed by atoms with Crippen LogP contribution in [0.2, 0.25) is 0 Å². The number of benzene rings is 1. The van der Waals surface area contributed by atoms with Crippen LogP contribution in [0.15, 0.2) is 24.3 Å². The van der Waals surface area contributed by atoms with Crippen LogP contribution >= 0.6 is 0 Å². The van der Waals surface area contributed by atoms with E-state index in [4.69, 9.17) is 4.74 Å². The predicted octanol–water partition coefficient (Wildman–Crippen LogP) is -0.296. The van der Waals surface area contributed by atoms with Crippen molar-refractivity contribution in [3.63, 3.8) is 0 Å². The normalized spacial score (nSPS) is 23.0. The fourth-order valence-corrected chi connectivity index (χ4v) is 2.46. The molecule has 7 nitrogen and oxygen atoms in total. The number of urea groups is 1. The van der Waals surface area contributed by atoms with Crippen molar-refractivity contribution < 1.29 is 19.1 Å². The van der Waals surface area contributed by atoms with E-state index in [0.29, 0.717) is 6.54 Å². The first-order valence-electron chi connectivity index (χ1n) is 6.74. The van der Waals surface area contributed by atoms with Gasteiger partial charge in [-0.3, -0.25) is 14.9 Å². The van der Waals surface area contributed by atoms with Gasteiger partial charge in [-0.25, -0.2) is 4.79 Å². The third kappa shape index (κ3) is 2.96. The van der Waals surface area contributed by atoms with Crippen molar-refractivity contribution in [1.82, 2.24) is 16.0 Å². The van der Waals surface area contributed by atoms with Crippen molar-refractivity contribution in [3.8, 4) is 5.75 Å². The first kappa shape index (κ1) is 13.4. The number of carbonyl (C=O) groups is 3. The summed E-state index contributed by atoms with van der Waals surface area (Å²) in [6.45, 7) is 0.371. The van der Waals surface area contributed by atoms with Crippen LogP contribution in [-0.4, -0.2) is 36.5 Å². The van der Waals surface area contributed by atoms with Crippen LogP contribution in [-0.2, 0) is 16.0 Å². The lowest BCUT2D eigenvalue weighted by molar-refractivity contribution is -0.126. The van der Waals surface area contributed by atoms with Gasteiger partial charge in [-0.15, -0.1) is 0 Å². The average molecular weight is 289 g/mol. The molecule has 2 heterocycles. The number of rotatable bonds is 4. The topological polar surface area (TPSA) is 96.5 Å². The van der Waals surface area contributed by atoms with Crippen LogP contribution < -0.4 is 20.7 Å². The molecule has 1 aromatic rings. The average Bonchev–Trinajstić information content (AvgIpc) is 2.99. The fraction of sp³-hybridized carbons (Fsp3) is 0.357. The van der Waals surface area contributed by atoms with Gasteiger partial charge in [0.05, 0.1) is 13.0 Å². The summed E-state index contributed by atoms with van der Waals surface area (Å²) in [5.41, 5.74) is 1.12. The molecule has 0 aliphatic carbocycles. The molecule has 3 rings (SSSR count). The zero-order valence-electron chi connectivity index (χ0n) is 11.2. The minimum absolute atomic E-state index is 0.0722. The number of fused-ring (bicyclic) bond motifs is 1. The maximum Gasteiger partial charge on any atom is 0.322 e. The molecule has 0 radical (unpaired) electrons. The summed E-state index contributed by atoms with van der Waals surface area (Å²) < 4.78 is 5.70. The molecule has 0 saturated carbocycles. The summed E-state index contributed by atoms with van der Waals surface area (Å²) in [6, 6.07) is 6.39. The molecule has 2 aliphatic heterocycles. The predicted molar refractivity (Wildman–Crippen MR) is 72.7 cm³/mol. The van der Waals surface area contributed by atoms with E-state index < -0.39 is 18.0 Å². The fourth-order valence-electron chi connectivity index (χ4n) is 2.46. The Kier molecular flexibility index (Phi) is 3.47. The highest BCUT2D eigenvalue weighted by Gasteiger charge is 2.31. The van der Waals surface area contributed by atoms with Crippen molar-refractivity contribution in [2.24, 2.45) is 0 Å². The number of nitrogens with one attached hydrogen (secondary N) is 3. The van der Waals surface area contributed by atoms with E-state index in [0.717, 1.165) is 17.7 Å². The Morgan fingerprint density at radius 2 is 2.14 bits per heavy atom. The van der Waals surface area contributed by atoms with Gasteiger partial charge in [0, 0.05) is 6.42 Å². The number of para-hydroxylation sites is 1. The van der Waals surface area contributed by atoms with Crippen LogP contribution in [0.1, 0.15) is 12.0 Å². The smallest absolute Gasteiger partial charge is 0.322 e. The van der Waals surface area contributed by atoms with Crippen molar-refractivity contribution in [2.45, 2.75) is 25.0 Å². The number of ether oxygens (including phenoxy) is 1. The number of hydrogen-bond acceptors (Lipinski definition) is 4. The molecule has 0 aromatic heterocycles. The number of hydrogen-bond donors (Lipinski definition) is 3. The van der Waals surface area contributed by atoms with Gasteiger partial charge in [0.2, 0.25) is 5.91 Å². The van der Waals surface area contributed by atoms with Gasteiger partial charge in [0.15, 0.2) is 0 Å². The van der Waals surface area contributed by atoms with Crippen LogP contribution in [0.5, 0.6) is 5.75 Å². The molecule has 21 heavy (non-hydrogen) atoms. The van der Waals surface area contributed by atoms with E-state index in [-0.39, 0.29) is 18.4 Å². The highest BCUT2D eigenvalue weighted by atomic mass is 16.5. The maximum atomic E-state index is 11.8. The van der Waals surface area contributed by atoms with E-state index in [1.807, 2.05) is 24.3 Å². The Bertz CT molecular complexity index is 577. The summed E-state index contributed by atoms with van der Waals surface area (Å²) in [5.74, 6) is 0.0794. The molecule has 0 unspecified atom stereocenters. The molecule has 2 atom stereocenters. The Labute approximate surface area is 121 Å². The molecule has 0 spiro atoms. The van der Waals surface area contributed by atoms with Crippen molar-refractivity contribution in [3.05, 3.63) is 29.8 Å². The number of imide groups is 1. The zero-order chi connectivity index (χ0) is 14.8. The lowest BCUT2D eigenvalue weighted by atomic mass is 10.1. The maximum absolute atomic E-state index is 11.8. The quantitative estimate of drug-likeness (QED) is 0.663. The van der Waals surface area contributed by atoms with Crippen LogP contribution in [0.25, 0.3) is 0 Å². The molecule has 1 aromatic carbocycles. The van der Waals surface area contributed by atoms with Crippen LogP contribution in [0.3, 0.4) is 0 Å². The molecule has 4 amide bonds. The van der Waals surface area contributed by atoms with E-state index in [1.54, 1.807) is 0 Å². The Balaban J connectivity index is 1.45. The van der Waals surface area contributed by atoms with Crippen molar-refractivity contribution in [1.29, 1.82) is 0 Å². The van der Waals surface area contributed by atoms with Crippen molar-refractivity contribution >= 4 is 17.8 Å². The second-order valence-corrected chi connectivity index (χ2v) is 5.08. The summed E-state index contributed by atoms with van der Waals surface area (Å²) >= 11 is 0. The third-order valence-electron chi connectivity index (χ3n) is 3.49. The Hall–Kier alpha value is -2.57. The summed E-state index contributed by atoms with van der Waals surface area (Å²) in [6.07, 6.45) is 0.576. The monoisotopic (exact) mass is 289 g/mol. The van der Waals surface area contributed by atoms with Gasteiger partial charge in [0.25, 0.3) is 5.91 Å². The van der Waals surface area contributed by atoms with E-state index in [1.165, 1.54) is 0 Å². The van der Waals surface area contributed by atoms with Crippen molar-refractivity contribution in [2.75, 3.05) is 6.54 Å². The first-order chi connectivity index (χ1) is 10.1. The highest BCUT2D eigenvalue weighted by molar-refractivity contribution is 6.05. The lowest BCUT2D eigenvalue weighted by Gasteiger charge is -2.13. The van der Waals surface area contributed by atoms with E-state index in [2.05, 4.69) is 16.0 Å². The Morgan fingerprint density at radius 3 is 2.86 bits per heavy atom. The van der Waals surface area contributed by atoms with Gasteiger partial charge < -0.3 is 15.4 Å². The summed E-state index contributed by atoms with van der Waals surface area (Å²) in [5, 5.41) is 7.20. The van der Waals surface area contributed by atoms with Gasteiger partial charge in [0.1, 0.15) is 17.9 Å².